The van der Waals surface area contributed by atoms with Gasteiger partial charge >= 0.3 is 25.7 Å². The Morgan fingerprint density at radius 3 is 1.02 bits per heavy atom. The molecule has 0 spiro atoms. The summed E-state index contributed by atoms with van der Waals surface area (Å²) in [7, 11) is -4.71. The van der Waals surface area contributed by atoms with Crippen LogP contribution < -0.4 is 5.73 Å². The standard InChI is InChI=1S/C50H98NO10P/c1-3-5-7-9-11-13-15-17-19-21-22-23-24-25-26-28-30-32-34-36-38-40-42-49(53)61-46(44-59-62(56,57)60-45-47(51)50(54)55)43-58-48(52)41-39-37-35-33-31-29-27-20-18-16-14-12-10-8-6-4-2/h46-47H,3-45,51H2,1-2H3,(H,54,55)(H,56,57)/t46-,47+/m1/s1. The first-order chi connectivity index (χ1) is 30.1. The maximum absolute atomic E-state index is 12.7. The number of carboxylic acid groups (broad SMARTS) is 1. The Kier molecular flexibility index (Phi) is 44.9. The van der Waals surface area contributed by atoms with Gasteiger partial charge in [0, 0.05) is 12.8 Å². The van der Waals surface area contributed by atoms with E-state index in [0.29, 0.717) is 12.8 Å². The van der Waals surface area contributed by atoms with Gasteiger partial charge in [0.2, 0.25) is 0 Å². The lowest BCUT2D eigenvalue weighted by atomic mass is 10.0. The molecular weight excluding hydrogens is 806 g/mol. The van der Waals surface area contributed by atoms with E-state index >= 15 is 0 Å². The van der Waals surface area contributed by atoms with E-state index in [1.54, 1.807) is 0 Å². The van der Waals surface area contributed by atoms with Gasteiger partial charge in [0.15, 0.2) is 6.10 Å². The SMILES string of the molecule is CCCCCCCCCCCCCCCCCCCCCCCCC(=O)O[C@H](COC(=O)CCCCCCCCCCCCCCCCCC)COP(=O)(O)OC[C@H](N)C(=O)O. The lowest BCUT2D eigenvalue weighted by Crippen LogP contribution is -2.34. The fourth-order valence-corrected chi connectivity index (χ4v) is 8.55. The van der Waals surface area contributed by atoms with E-state index in [-0.39, 0.29) is 19.4 Å². The van der Waals surface area contributed by atoms with Gasteiger partial charge in [-0.2, -0.15) is 0 Å². The van der Waals surface area contributed by atoms with Crippen LogP contribution in [0, 0.1) is 0 Å². The summed E-state index contributed by atoms with van der Waals surface area (Å²) in [4.78, 5) is 46.2. The van der Waals surface area contributed by atoms with E-state index in [2.05, 4.69) is 18.4 Å². The largest absolute Gasteiger partial charge is 0.480 e. The molecule has 0 saturated heterocycles. The Hall–Kier alpha value is -1.52. The van der Waals surface area contributed by atoms with Crippen molar-refractivity contribution in [2.75, 3.05) is 19.8 Å². The number of esters is 2. The number of phosphoric acid groups is 1. The zero-order chi connectivity index (χ0) is 45.6. The fourth-order valence-electron chi connectivity index (χ4n) is 7.77. The maximum Gasteiger partial charge on any atom is 0.472 e. The Balaban J connectivity index is 4.17. The highest BCUT2D eigenvalue weighted by Crippen LogP contribution is 2.43. The minimum Gasteiger partial charge on any atom is -0.480 e. The van der Waals surface area contributed by atoms with Gasteiger partial charge in [-0.05, 0) is 12.8 Å². The molecule has 0 saturated carbocycles. The molecule has 368 valence electrons. The van der Waals surface area contributed by atoms with E-state index in [1.807, 2.05) is 0 Å². The molecule has 62 heavy (non-hydrogen) atoms. The van der Waals surface area contributed by atoms with E-state index in [1.165, 1.54) is 193 Å². The van der Waals surface area contributed by atoms with E-state index < -0.39 is 51.1 Å². The smallest absolute Gasteiger partial charge is 0.472 e. The van der Waals surface area contributed by atoms with Crippen LogP contribution in [0.1, 0.15) is 271 Å². The highest BCUT2D eigenvalue weighted by atomic mass is 31.2. The molecule has 0 aliphatic heterocycles. The first-order valence-corrected chi connectivity index (χ1v) is 27.6. The first kappa shape index (κ1) is 60.5. The number of ether oxygens (including phenoxy) is 2. The molecule has 0 amide bonds. The molecule has 4 N–H and O–H groups in total. The third-order valence-electron chi connectivity index (χ3n) is 11.9. The number of rotatable bonds is 50. The maximum atomic E-state index is 12.7. The van der Waals surface area contributed by atoms with Gasteiger partial charge in [0.1, 0.15) is 12.6 Å². The number of hydrogen-bond acceptors (Lipinski definition) is 9. The van der Waals surface area contributed by atoms with Crippen LogP contribution in [0.25, 0.3) is 0 Å². The van der Waals surface area contributed by atoms with Crippen molar-refractivity contribution in [1.82, 2.24) is 0 Å². The van der Waals surface area contributed by atoms with Crippen LogP contribution in [0.4, 0.5) is 0 Å². The second-order valence-electron chi connectivity index (χ2n) is 18.0. The molecule has 0 aliphatic rings. The summed E-state index contributed by atoms with van der Waals surface area (Å²) in [6.45, 7) is 2.87. The van der Waals surface area contributed by atoms with Crippen LogP contribution >= 0.6 is 7.82 Å². The van der Waals surface area contributed by atoms with E-state index in [9.17, 15) is 23.8 Å². The number of nitrogens with two attached hydrogens (primary N) is 1. The van der Waals surface area contributed by atoms with Gasteiger partial charge in [-0.15, -0.1) is 0 Å². The summed E-state index contributed by atoms with van der Waals surface area (Å²) in [6.07, 6.45) is 47.4. The van der Waals surface area contributed by atoms with Gasteiger partial charge in [-0.25, -0.2) is 4.57 Å². The Labute approximate surface area is 380 Å². The normalized spacial score (nSPS) is 13.5. The lowest BCUT2D eigenvalue weighted by Gasteiger charge is -2.20. The monoisotopic (exact) mass is 904 g/mol. The molecule has 0 heterocycles. The Morgan fingerprint density at radius 1 is 0.435 bits per heavy atom. The Morgan fingerprint density at radius 2 is 0.710 bits per heavy atom. The molecular formula is C50H98NO10P. The fraction of sp³-hybridized carbons (Fsp3) is 0.940. The van der Waals surface area contributed by atoms with Gasteiger partial charge in [-0.3, -0.25) is 23.4 Å². The van der Waals surface area contributed by atoms with Crippen LogP contribution in [-0.2, 0) is 37.5 Å². The lowest BCUT2D eigenvalue weighted by molar-refractivity contribution is -0.161. The van der Waals surface area contributed by atoms with Crippen LogP contribution in [0.3, 0.4) is 0 Å². The molecule has 0 aromatic carbocycles. The summed E-state index contributed by atoms with van der Waals surface area (Å²) >= 11 is 0. The molecule has 0 aliphatic carbocycles. The average Bonchev–Trinajstić information content (AvgIpc) is 3.25. The summed E-state index contributed by atoms with van der Waals surface area (Å²) in [5.41, 5.74) is 5.35. The van der Waals surface area contributed by atoms with Crippen molar-refractivity contribution >= 4 is 25.7 Å². The molecule has 0 radical (unpaired) electrons. The quantitative estimate of drug-likeness (QED) is 0.0301. The molecule has 0 aromatic heterocycles. The van der Waals surface area contributed by atoms with Crippen LogP contribution in [0.5, 0.6) is 0 Å². The summed E-state index contributed by atoms with van der Waals surface area (Å²) in [6, 6.07) is -1.52. The zero-order valence-corrected chi connectivity index (χ0v) is 41.1. The Bertz CT molecular complexity index is 1060. The van der Waals surface area contributed by atoms with Crippen LogP contribution in [0.15, 0.2) is 0 Å². The predicted molar refractivity (Wildman–Crippen MR) is 254 cm³/mol. The highest BCUT2D eigenvalue weighted by molar-refractivity contribution is 7.47. The zero-order valence-electron chi connectivity index (χ0n) is 40.2. The van der Waals surface area contributed by atoms with Crippen molar-refractivity contribution in [3.05, 3.63) is 0 Å². The van der Waals surface area contributed by atoms with Crippen LogP contribution in [0.2, 0.25) is 0 Å². The highest BCUT2D eigenvalue weighted by Gasteiger charge is 2.28. The van der Waals surface area contributed by atoms with Crippen molar-refractivity contribution in [2.24, 2.45) is 5.73 Å². The average molecular weight is 904 g/mol. The number of aliphatic carboxylic acids is 1. The van der Waals surface area contributed by atoms with Gasteiger partial charge in [0.25, 0.3) is 0 Å². The third kappa shape index (κ3) is 45.1. The topological polar surface area (TPSA) is 172 Å². The second kappa shape index (κ2) is 46.0. The number of unbranched alkanes of at least 4 members (excludes halogenated alkanes) is 36. The van der Waals surface area contributed by atoms with Crippen molar-refractivity contribution < 1.29 is 47.5 Å². The predicted octanol–water partition coefficient (Wildman–Crippen LogP) is 14.6. The van der Waals surface area contributed by atoms with E-state index in [4.69, 9.17) is 24.8 Å². The van der Waals surface area contributed by atoms with Gasteiger partial charge in [0.05, 0.1) is 13.2 Å². The van der Waals surface area contributed by atoms with E-state index in [0.717, 1.165) is 38.5 Å². The first-order valence-electron chi connectivity index (χ1n) is 26.1. The van der Waals surface area contributed by atoms with Crippen molar-refractivity contribution in [1.29, 1.82) is 0 Å². The summed E-state index contributed by atoms with van der Waals surface area (Å²) < 4.78 is 32.9. The molecule has 11 nitrogen and oxygen atoms in total. The van der Waals surface area contributed by atoms with Gasteiger partial charge in [-0.1, -0.05) is 245 Å². The number of carbonyl (C=O) groups excluding carboxylic acids is 2. The third-order valence-corrected chi connectivity index (χ3v) is 12.8. The van der Waals surface area contributed by atoms with Gasteiger partial charge < -0.3 is 25.2 Å². The molecule has 0 fully saturated rings. The number of hydrogen-bond donors (Lipinski definition) is 3. The van der Waals surface area contributed by atoms with Crippen LogP contribution in [-0.4, -0.2) is 59.9 Å². The summed E-state index contributed by atoms with van der Waals surface area (Å²) in [5, 5.41) is 8.92. The molecule has 0 bridgehead atoms. The summed E-state index contributed by atoms with van der Waals surface area (Å²) in [5.74, 6) is -2.35. The van der Waals surface area contributed by atoms with Crippen molar-refractivity contribution in [3.8, 4) is 0 Å². The van der Waals surface area contributed by atoms with Crippen molar-refractivity contribution in [2.45, 2.75) is 283 Å². The number of carboxylic acids is 1. The minimum absolute atomic E-state index is 0.170. The van der Waals surface area contributed by atoms with Crippen molar-refractivity contribution in [3.63, 3.8) is 0 Å². The molecule has 1 unspecified atom stereocenters. The number of phosphoric ester groups is 1. The molecule has 12 heteroatoms. The number of carbonyl (C=O) groups is 3. The molecule has 3 atom stereocenters. The second-order valence-corrected chi connectivity index (χ2v) is 19.5. The molecule has 0 rings (SSSR count). The minimum atomic E-state index is -4.71. The molecule has 0 aromatic rings.